The minimum atomic E-state index is -0.952. The van der Waals surface area contributed by atoms with Gasteiger partial charge in [-0.25, -0.2) is 4.79 Å². The number of hydrogen-bond donors (Lipinski definition) is 3. The van der Waals surface area contributed by atoms with Crippen molar-refractivity contribution < 1.29 is 19.5 Å². The predicted octanol–water partition coefficient (Wildman–Crippen LogP) is 0.650. The normalized spacial score (nSPS) is 16.4. The van der Waals surface area contributed by atoms with Crippen molar-refractivity contribution in [3.63, 3.8) is 0 Å². The van der Waals surface area contributed by atoms with Crippen LogP contribution in [0.25, 0.3) is 0 Å². The molecule has 7 nitrogen and oxygen atoms in total. The van der Waals surface area contributed by atoms with E-state index in [4.69, 9.17) is 5.73 Å². The van der Waals surface area contributed by atoms with Gasteiger partial charge in [-0.3, -0.25) is 14.5 Å². The van der Waals surface area contributed by atoms with E-state index in [2.05, 4.69) is 5.32 Å². The maximum absolute atomic E-state index is 12.1. The zero-order valence-electron chi connectivity index (χ0n) is 11.4. The van der Waals surface area contributed by atoms with Crippen molar-refractivity contribution >= 4 is 23.6 Å². The maximum atomic E-state index is 12.1. The van der Waals surface area contributed by atoms with Gasteiger partial charge in [0.15, 0.2) is 0 Å². The number of carboxylic acids is 1. The van der Waals surface area contributed by atoms with Crippen molar-refractivity contribution in [2.45, 2.75) is 18.8 Å². The van der Waals surface area contributed by atoms with E-state index in [9.17, 15) is 19.5 Å². The highest BCUT2D eigenvalue weighted by molar-refractivity contribution is 5.98. The van der Waals surface area contributed by atoms with Gasteiger partial charge in [-0.2, -0.15) is 0 Å². The second-order valence-corrected chi connectivity index (χ2v) is 4.86. The lowest BCUT2D eigenvalue weighted by atomic mass is 10.0. The minimum absolute atomic E-state index is 0.107. The molecule has 21 heavy (non-hydrogen) atoms. The Morgan fingerprint density at radius 3 is 2.71 bits per heavy atom. The van der Waals surface area contributed by atoms with Gasteiger partial charge in [-0.15, -0.1) is 0 Å². The summed E-state index contributed by atoms with van der Waals surface area (Å²) in [5, 5.41) is 11.9. The quantitative estimate of drug-likeness (QED) is 0.691. The molecule has 0 aromatic heterocycles. The van der Waals surface area contributed by atoms with Crippen LogP contribution >= 0.6 is 0 Å². The molecule has 0 saturated heterocycles. The van der Waals surface area contributed by atoms with Crippen LogP contribution in [-0.2, 0) is 9.59 Å². The molecule has 2 rings (SSSR count). The number of carbonyl (C=O) groups excluding carboxylic acids is 2. The van der Waals surface area contributed by atoms with Gasteiger partial charge in [-0.1, -0.05) is 18.2 Å². The lowest BCUT2D eigenvalue weighted by molar-refractivity contribution is -0.138. The van der Waals surface area contributed by atoms with Gasteiger partial charge >= 0.3 is 12.0 Å². The van der Waals surface area contributed by atoms with E-state index in [0.717, 1.165) is 0 Å². The SMILES string of the molecule is NC(=O)CCCNC(=O)N1CC(C(=O)O)c2ccccc21. The number of nitrogens with two attached hydrogens (primary N) is 1. The molecule has 3 amide bonds. The van der Waals surface area contributed by atoms with Crippen LogP contribution in [0, 0.1) is 0 Å². The topological polar surface area (TPSA) is 113 Å². The highest BCUT2D eigenvalue weighted by Crippen LogP contribution is 2.36. The van der Waals surface area contributed by atoms with Gasteiger partial charge in [0, 0.05) is 25.2 Å². The summed E-state index contributed by atoms with van der Waals surface area (Å²) in [5.74, 6) is -2.08. The van der Waals surface area contributed by atoms with E-state index in [1.807, 2.05) is 0 Å². The Kier molecular flexibility index (Phi) is 4.42. The van der Waals surface area contributed by atoms with E-state index in [0.29, 0.717) is 24.2 Å². The number of fused-ring (bicyclic) bond motifs is 1. The lowest BCUT2D eigenvalue weighted by Crippen LogP contribution is -2.40. The first-order valence-electron chi connectivity index (χ1n) is 6.66. The van der Waals surface area contributed by atoms with Crippen LogP contribution in [-0.4, -0.2) is 36.1 Å². The Hall–Kier alpha value is -2.57. The van der Waals surface area contributed by atoms with Crippen LogP contribution in [0.15, 0.2) is 24.3 Å². The third-order valence-corrected chi connectivity index (χ3v) is 3.39. The maximum Gasteiger partial charge on any atom is 0.321 e. The molecule has 1 aliphatic rings. The van der Waals surface area contributed by atoms with Crippen LogP contribution in [0.3, 0.4) is 0 Å². The number of hydrogen-bond acceptors (Lipinski definition) is 3. The zero-order valence-corrected chi connectivity index (χ0v) is 11.4. The molecule has 0 bridgehead atoms. The predicted molar refractivity (Wildman–Crippen MR) is 76.0 cm³/mol. The summed E-state index contributed by atoms with van der Waals surface area (Å²) in [7, 11) is 0. The fraction of sp³-hybridized carbons (Fsp3) is 0.357. The summed E-state index contributed by atoms with van der Waals surface area (Å²) < 4.78 is 0. The second kappa shape index (κ2) is 6.25. The molecule has 0 fully saturated rings. The Morgan fingerprint density at radius 1 is 1.33 bits per heavy atom. The molecule has 7 heteroatoms. The molecule has 0 aliphatic carbocycles. The molecule has 1 aromatic rings. The standard InChI is InChI=1S/C14H17N3O4/c15-12(18)6-3-7-16-14(21)17-8-10(13(19)20)9-4-1-2-5-11(9)17/h1-2,4-5,10H,3,6-8H2,(H2,15,18)(H,16,21)(H,19,20). The number of amides is 3. The van der Waals surface area contributed by atoms with Crippen molar-refractivity contribution in [3.8, 4) is 0 Å². The highest BCUT2D eigenvalue weighted by Gasteiger charge is 2.36. The van der Waals surface area contributed by atoms with Crippen LogP contribution in [0.5, 0.6) is 0 Å². The van der Waals surface area contributed by atoms with E-state index >= 15 is 0 Å². The van der Waals surface area contributed by atoms with Crippen LogP contribution in [0.1, 0.15) is 24.3 Å². The van der Waals surface area contributed by atoms with Gasteiger partial charge in [0.2, 0.25) is 5.91 Å². The molecular weight excluding hydrogens is 274 g/mol. The number of primary amides is 1. The number of carbonyl (C=O) groups is 3. The molecule has 1 atom stereocenters. The number of aliphatic carboxylic acids is 1. The minimum Gasteiger partial charge on any atom is -0.481 e. The summed E-state index contributed by atoms with van der Waals surface area (Å²) in [5.41, 5.74) is 6.26. The number of carboxylic acid groups (broad SMARTS) is 1. The first-order chi connectivity index (χ1) is 10.0. The van der Waals surface area contributed by atoms with Crippen molar-refractivity contribution in [1.29, 1.82) is 0 Å². The van der Waals surface area contributed by atoms with Gasteiger partial charge in [0.1, 0.15) is 5.92 Å². The smallest absolute Gasteiger partial charge is 0.321 e. The summed E-state index contributed by atoms with van der Waals surface area (Å²) in [6, 6.07) is 6.59. The van der Waals surface area contributed by atoms with Gasteiger partial charge in [-0.05, 0) is 18.1 Å². The monoisotopic (exact) mass is 291 g/mol. The fourth-order valence-electron chi connectivity index (χ4n) is 2.36. The van der Waals surface area contributed by atoms with E-state index in [1.165, 1.54) is 4.90 Å². The van der Waals surface area contributed by atoms with E-state index in [1.54, 1.807) is 24.3 Å². The van der Waals surface area contributed by atoms with Gasteiger partial charge < -0.3 is 16.2 Å². The number of urea groups is 1. The van der Waals surface area contributed by atoms with Gasteiger partial charge in [0.05, 0.1) is 0 Å². The molecule has 1 aromatic carbocycles. The van der Waals surface area contributed by atoms with E-state index < -0.39 is 17.8 Å². The molecule has 0 radical (unpaired) electrons. The summed E-state index contributed by atoms with van der Waals surface area (Å²) in [6.45, 7) is 0.425. The number of rotatable bonds is 5. The van der Waals surface area contributed by atoms with Crippen LogP contribution < -0.4 is 16.0 Å². The summed E-state index contributed by atoms with van der Waals surface area (Å²) in [4.78, 5) is 35.4. The van der Waals surface area contributed by atoms with E-state index in [-0.39, 0.29) is 19.0 Å². The fourth-order valence-corrected chi connectivity index (χ4v) is 2.36. The lowest BCUT2D eigenvalue weighted by Gasteiger charge is -2.18. The Bertz CT molecular complexity index is 573. The number of nitrogens with one attached hydrogen (secondary N) is 1. The number of nitrogens with zero attached hydrogens (tertiary/aromatic N) is 1. The number of anilines is 1. The molecule has 1 aliphatic heterocycles. The molecule has 0 saturated carbocycles. The second-order valence-electron chi connectivity index (χ2n) is 4.86. The molecule has 0 spiro atoms. The van der Waals surface area contributed by atoms with Crippen molar-refractivity contribution in [3.05, 3.63) is 29.8 Å². The Morgan fingerprint density at radius 2 is 2.05 bits per heavy atom. The van der Waals surface area contributed by atoms with Crippen molar-refractivity contribution in [2.24, 2.45) is 5.73 Å². The molecular formula is C14H17N3O4. The molecule has 4 N–H and O–H groups in total. The molecule has 1 unspecified atom stereocenters. The summed E-state index contributed by atoms with van der Waals surface area (Å²) >= 11 is 0. The highest BCUT2D eigenvalue weighted by atomic mass is 16.4. The third-order valence-electron chi connectivity index (χ3n) is 3.39. The molecule has 1 heterocycles. The van der Waals surface area contributed by atoms with Crippen molar-refractivity contribution in [1.82, 2.24) is 5.32 Å². The average Bonchev–Trinajstić information content (AvgIpc) is 2.83. The van der Waals surface area contributed by atoms with Crippen molar-refractivity contribution in [2.75, 3.05) is 18.0 Å². The number of para-hydroxylation sites is 1. The Balaban J connectivity index is 2.02. The molecule has 112 valence electrons. The Labute approximate surface area is 121 Å². The van der Waals surface area contributed by atoms with Crippen LogP contribution in [0.4, 0.5) is 10.5 Å². The largest absolute Gasteiger partial charge is 0.481 e. The number of benzene rings is 1. The first-order valence-corrected chi connectivity index (χ1v) is 6.66. The third kappa shape index (κ3) is 3.31. The average molecular weight is 291 g/mol. The zero-order chi connectivity index (χ0) is 15.4. The summed E-state index contributed by atoms with van der Waals surface area (Å²) in [6.07, 6.45) is 0.660. The van der Waals surface area contributed by atoms with Crippen LogP contribution in [0.2, 0.25) is 0 Å². The van der Waals surface area contributed by atoms with Gasteiger partial charge in [0.25, 0.3) is 0 Å². The first kappa shape index (κ1) is 14.8.